The number of pyridine rings is 2. The van der Waals surface area contributed by atoms with E-state index >= 15 is 0 Å². The van der Waals surface area contributed by atoms with Crippen LogP contribution in [0.3, 0.4) is 0 Å². The van der Waals surface area contributed by atoms with Crippen molar-refractivity contribution < 1.29 is 4.42 Å². The molecule has 5 aromatic rings. The summed E-state index contributed by atoms with van der Waals surface area (Å²) < 4.78 is 6.30. The van der Waals surface area contributed by atoms with Crippen LogP contribution in [0.2, 0.25) is 0 Å². The molecule has 1 saturated carbocycles. The summed E-state index contributed by atoms with van der Waals surface area (Å²) in [7, 11) is 0. The van der Waals surface area contributed by atoms with Gasteiger partial charge in [0.05, 0.1) is 5.69 Å². The van der Waals surface area contributed by atoms with Gasteiger partial charge in [0.1, 0.15) is 5.58 Å². The number of nitrogens with zero attached hydrogens (tertiary/aromatic N) is 2. The lowest BCUT2D eigenvalue weighted by Crippen LogP contribution is -1.96. The Labute approximate surface area is 175 Å². The summed E-state index contributed by atoms with van der Waals surface area (Å²) in [5, 5.41) is 4.71. The van der Waals surface area contributed by atoms with E-state index in [0.29, 0.717) is 11.6 Å². The highest BCUT2D eigenvalue weighted by Crippen LogP contribution is 2.41. The van der Waals surface area contributed by atoms with Gasteiger partial charge >= 0.3 is 0 Å². The number of aryl methyl sites for hydroxylation is 2. The zero-order valence-electron chi connectivity index (χ0n) is 17.4. The molecule has 3 heterocycles. The molecule has 3 aromatic heterocycles. The molecule has 30 heavy (non-hydrogen) atoms. The van der Waals surface area contributed by atoms with Crippen molar-refractivity contribution in [3.8, 4) is 11.3 Å². The maximum atomic E-state index is 6.30. The normalized spacial score (nSPS) is 15.0. The molecule has 1 aliphatic rings. The lowest BCUT2D eigenvalue weighted by atomic mass is 9.91. The first-order chi connectivity index (χ1) is 14.7. The van der Waals surface area contributed by atoms with Gasteiger partial charge in [-0.3, -0.25) is 4.98 Å². The number of fused-ring (bicyclic) bond motifs is 4. The maximum Gasteiger partial charge on any atom is 0.227 e. The standard InChI is InChI=1S/C27H24N2O/c1-16-14-23-22-11-10-17(2)29-27(22)30-26(23)24(15-16)25-21-9-5-8-19(18-6-3-4-7-18)20(21)12-13-28-25/h5,8-15,18H,3-4,6-7H2,1-2H3. The molecule has 2 aromatic carbocycles. The maximum absolute atomic E-state index is 6.30. The van der Waals surface area contributed by atoms with Gasteiger partial charge in [0.2, 0.25) is 5.71 Å². The second-order valence-corrected chi connectivity index (χ2v) is 8.68. The highest BCUT2D eigenvalue weighted by atomic mass is 16.3. The number of benzene rings is 2. The topological polar surface area (TPSA) is 38.9 Å². The highest BCUT2D eigenvalue weighted by molar-refractivity contribution is 6.11. The average molecular weight is 393 g/mol. The quantitative estimate of drug-likeness (QED) is 0.313. The van der Waals surface area contributed by atoms with Gasteiger partial charge in [0, 0.05) is 33.6 Å². The summed E-state index contributed by atoms with van der Waals surface area (Å²) >= 11 is 0. The van der Waals surface area contributed by atoms with E-state index in [9.17, 15) is 0 Å². The van der Waals surface area contributed by atoms with Crippen molar-refractivity contribution in [3.05, 3.63) is 71.5 Å². The molecule has 3 nitrogen and oxygen atoms in total. The molecular formula is C27H24N2O. The van der Waals surface area contributed by atoms with Crippen molar-refractivity contribution >= 4 is 32.8 Å². The summed E-state index contributed by atoms with van der Waals surface area (Å²) in [6.07, 6.45) is 7.21. The Bertz CT molecular complexity index is 1420. The monoisotopic (exact) mass is 392 g/mol. The minimum absolute atomic E-state index is 0.667. The second kappa shape index (κ2) is 6.66. The molecule has 1 aliphatic carbocycles. The van der Waals surface area contributed by atoms with Gasteiger partial charge in [-0.25, -0.2) is 4.98 Å². The van der Waals surface area contributed by atoms with E-state index in [1.54, 1.807) is 0 Å². The summed E-state index contributed by atoms with van der Waals surface area (Å²) in [4.78, 5) is 9.46. The first kappa shape index (κ1) is 17.6. The van der Waals surface area contributed by atoms with Crippen molar-refractivity contribution in [3.63, 3.8) is 0 Å². The Hall–Kier alpha value is -3.20. The van der Waals surface area contributed by atoms with Crippen LogP contribution in [0, 0.1) is 13.8 Å². The summed E-state index contributed by atoms with van der Waals surface area (Å²) in [6, 6.07) is 17.4. The van der Waals surface area contributed by atoms with Gasteiger partial charge < -0.3 is 4.42 Å². The van der Waals surface area contributed by atoms with Crippen LogP contribution in [0.1, 0.15) is 48.4 Å². The number of aromatic nitrogens is 2. The lowest BCUT2D eigenvalue weighted by molar-refractivity contribution is 0.653. The van der Waals surface area contributed by atoms with Gasteiger partial charge in [-0.1, -0.05) is 31.0 Å². The minimum Gasteiger partial charge on any atom is -0.437 e. The summed E-state index contributed by atoms with van der Waals surface area (Å²) in [5.74, 6) is 0.667. The fourth-order valence-electron chi connectivity index (χ4n) is 5.21. The number of hydrogen-bond donors (Lipinski definition) is 0. The Balaban J connectivity index is 1.66. The number of furan rings is 1. The molecule has 6 rings (SSSR count). The van der Waals surface area contributed by atoms with Gasteiger partial charge in [0.25, 0.3) is 0 Å². The van der Waals surface area contributed by atoms with Crippen molar-refractivity contribution in [2.45, 2.75) is 45.4 Å². The van der Waals surface area contributed by atoms with Gasteiger partial charge in [-0.05, 0) is 79.5 Å². The lowest BCUT2D eigenvalue weighted by Gasteiger charge is -2.15. The van der Waals surface area contributed by atoms with Crippen LogP contribution in [0.15, 0.2) is 59.1 Å². The minimum atomic E-state index is 0.667. The largest absolute Gasteiger partial charge is 0.437 e. The van der Waals surface area contributed by atoms with Gasteiger partial charge in [-0.2, -0.15) is 0 Å². The molecule has 3 heteroatoms. The van der Waals surface area contributed by atoms with Gasteiger partial charge in [-0.15, -0.1) is 0 Å². The van der Waals surface area contributed by atoms with Gasteiger partial charge in [0.15, 0.2) is 0 Å². The van der Waals surface area contributed by atoms with Crippen molar-refractivity contribution in [2.24, 2.45) is 0 Å². The molecule has 148 valence electrons. The fraction of sp³-hybridized carbons (Fsp3) is 0.259. The molecule has 0 amide bonds. The second-order valence-electron chi connectivity index (χ2n) is 8.68. The molecule has 0 atom stereocenters. The van der Waals surface area contributed by atoms with Crippen LogP contribution in [0.5, 0.6) is 0 Å². The van der Waals surface area contributed by atoms with Crippen molar-refractivity contribution in [2.75, 3.05) is 0 Å². The molecular weight excluding hydrogens is 368 g/mol. The van der Waals surface area contributed by atoms with Crippen LogP contribution in [-0.2, 0) is 0 Å². The van der Waals surface area contributed by atoms with Crippen LogP contribution in [-0.4, -0.2) is 9.97 Å². The zero-order valence-corrected chi connectivity index (χ0v) is 17.4. The number of rotatable bonds is 2. The third-order valence-corrected chi connectivity index (χ3v) is 6.61. The van der Waals surface area contributed by atoms with Crippen LogP contribution in [0.25, 0.3) is 44.1 Å². The highest BCUT2D eigenvalue weighted by Gasteiger charge is 2.21. The predicted molar refractivity (Wildman–Crippen MR) is 123 cm³/mol. The van der Waals surface area contributed by atoms with Crippen LogP contribution < -0.4 is 0 Å². The molecule has 0 radical (unpaired) electrons. The Kier molecular flexibility index (Phi) is 3.92. The predicted octanol–water partition coefficient (Wildman–Crippen LogP) is 7.47. The summed E-state index contributed by atoms with van der Waals surface area (Å²) in [6.45, 7) is 4.13. The van der Waals surface area contributed by atoms with E-state index in [1.807, 2.05) is 19.2 Å². The van der Waals surface area contributed by atoms with Crippen LogP contribution >= 0.6 is 0 Å². The van der Waals surface area contributed by atoms with E-state index in [2.05, 4.69) is 54.4 Å². The van der Waals surface area contributed by atoms with E-state index < -0.39 is 0 Å². The fourth-order valence-corrected chi connectivity index (χ4v) is 5.21. The first-order valence-corrected chi connectivity index (χ1v) is 10.9. The molecule has 0 spiro atoms. The molecule has 1 fully saturated rings. The Morgan fingerprint density at radius 1 is 0.867 bits per heavy atom. The third kappa shape index (κ3) is 2.65. The summed E-state index contributed by atoms with van der Waals surface area (Å²) in [5.41, 5.74) is 7.26. The molecule has 0 bridgehead atoms. The van der Waals surface area contributed by atoms with E-state index in [-0.39, 0.29) is 0 Å². The Morgan fingerprint density at radius 2 is 1.73 bits per heavy atom. The molecule has 0 N–H and O–H groups in total. The Morgan fingerprint density at radius 3 is 2.60 bits per heavy atom. The van der Waals surface area contributed by atoms with Crippen LogP contribution in [0.4, 0.5) is 0 Å². The van der Waals surface area contributed by atoms with Crippen molar-refractivity contribution in [1.82, 2.24) is 9.97 Å². The number of hydrogen-bond acceptors (Lipinski definition) is 3. The van der Waals surface area contributed by atoms with Crippen molar-refractivity contribution in [1.29, 1.82) is 0 Å². The smallest absolute Gasteiger partial charge is 0.227 e. The molecule has 0 aliphatic heterocycles. The average Bonchev–Trinajstić information content (AvgIpc) is 3.40. The van der Waals surface area contributed by atoms with E-state index in [0.717, 1.165) is 33.3 Å². The molecule has 0 unspecified atom stereocenters. The zero-order chi connectivity index (χ0) is 20.2. The van der Waals surface area contributed by atoms with E-state index in [1.165, 1.54) is 47.6 Å². The molecule has 0 saturated heterocycles. The third-order valence-electron chi connectivity index (χ3n) is 6.61. The first-order valence-electron chi connectivity index (χ1n) is 10.9. The SMILES string of the molecule is Cc1cc(-c2nccc3c(C4CCCC4)cccc23)c2oc3nc(C)ccc3c2c1. The van der Waals surface area contributed by atoms with E-state index in [4.69, 9.17) is 9.40 Å².